The Labute approximate surface area is 124 Å². The highest BCUT2D eigenvalue weighted by atomic mass is 32.2. The maximum absolute atomic E-state index is 12.7. The summed E-state index contributed by atoms with van der Waals surface area (Å²) in [5, 5.41) is 9.17. The quantitative estimate of drug-likeness (QED) is 0.911. The topological polar surface area (TPSA) is 83.9 Å². The molecule has 6 nitrogen and oxygen atoms in total. The zero-order chi connectivity index (χ0) is 15.8. The number of ether oxygens (including phenoxy) is 1. The van der Waals surface area contributed by atoms with E-state index in [1.807, 2.05) is 0 Å². The predicted octanol–water partition coefficient (Wildman–Crippen LogP) is 1.55. The van der Waals surface area contributed by atoms with Crippen molar-refractivity contribution in [2.24, 2.45) is 0 Å². The van der Waals surface area contributed by atoms with Gasteiger partial charge in [0.15, 0.2) is 0 Å². The molecule has 116 valence electrons. The fourth-order valence-corrected chi connectivity index (χ4v) is 4.61. The highest BCUT2D eigenvalue weighted by Crippen LogP contribution is 2.32. The summed E-state index contributed by atoms with van der Waals surface area (Å²) in [6.45, 7) is 3.73. The Morgan fingerprint density at radius 1 is 1.33 bits per heavy atom. The van der Waals surface area contributed by atoms with Crippen LogP contribution in [0.2, 0.25) is 0 Å². The van der Waals surface area contributed by atoms with Gasteiger partial charge in [0.2, 0.25) is 10.0 Å². The third kappa shape index (κ3) is 2.63. The van der Waals surface area contributed by atoms with E-state index in [9.17, 15) is 18.3 Å². The number of carbonyl (C=O) groups is 1. The molecule has 0 amide bonds. The first-order valence-corrected chi connectivity index (χ1v) is 8.13. The molecule has 0 unspecified atom stereocenters. The summed E-state index contributed by atoms with van der Waals surface area (Å²) in [6, 6.07) is 2.10. The average Bonchev–Trinajstić information content (AvgIpc) is 2.91. The van der Waals surface area contributed by atoms with Gasteiger partial charge in [-0.3, -0.25) is 4.79 Å². The van der Waals surface area contributed by atoms with Crippen LogP contribution in [0.15, 0.2) is 17.0 Å². The molecule has 2 rings (SSSR count). The molecule has 1 atom stereocenters. The Hall–Kier alpha value is -1.60. The molecular weight excluding hydrogens is 294 g/mol. The number of hydrogen-bond acceptors (Lipinski definition) is 4. The van der Waals surface area contributed by atoms with Gasteiger partial charge < -0.3 is 9.84 Å². The van der Waals surface area contributed by atoms with Crippen LogP contribution in [-0.4, -0.2) is 43.5 Å². The van der Waals surface area contributed by atoms with Crippen LogP contribution in [0.4, 0.5) is 0 Å². The Bertz CT molecular complexity index is 668. The van der Waals surface area contributed by atoms with Crippen LogP contribution < -0.4 is 4.74 Å². The van der Waals surface area contributed by atoms with E-state index < -0.39 is 22.0 Å². The molecule has 0 radical (unpaired) electrons. The van der Waals surface area contributed by atoms with Crippen molar-refractivity contribution in [2.75, 3.05) is 13.7 Å². The van der Waals surface area contributed by atoms with Crippen LogP contribution in [0.1, 0.15) is 24.0 Å². The summed E-state index contributed by atoms with van der Waals surface area (Å²) in [5.74, 6) is -0.485. The third-order valence-electron chi connectivity index (χ3n) is 3.98. The molecule has 21 heavy (non-hydrogen) atoms. The molecule has 1 aliphatic rings. The van der Waals surface area contributed by atoms with Crippen molar-refractivity contribution in [3.05, 3.63) is 23.3 Å². The van der Waals surface area contributed by atoms with Crippen LogP contribution in [0.5, 0.6) is 5.75 Å². The standard InChI is InChI=1S/C14H19NO5S/c1-9-10(2)13(7-6-12(9)20-3)21(18,19)15-8-4-5-11(15)14(16)17/h6-7,11H,4-5,8H2,1-3H3,(H,16,17)/t11-/m1/s1. The van der Waals surface area contributed by atoms with E-state index in [0.717, 1.165) is 9.87 Å². The van der Waals surface area contributed by atoms with Crippen LogP contribution in [0.25, 0.3) is 0 Å². The van der Waals surface area contributed by atoms with Gasteiger partial charge in [0, 0.05) is 6.54 Å². The van der Waals surface area contributed by atoms with E-state index in [-0.39, 0.29) is 11.4 Å². The lowest BCUT2D eigenvalue weighted by molar-refractivity contribution is -0.140. The van der Waals surface area contributed by atoms with Crippen LogP contribution in [0.3, 0.4) is 0 Å². The van der Waals surface area contributed by atoms with Gasteiger partial charge in [-0.15, -0.1) is 0 Å². The summed E-state index contributed by atoms with van der Waals surface area (Å²) in [4.78, 5) is 11.4. The van der Waals surface area contributed by atoms with E-state index >= 15 is 0 Å². The van der Waals surface area contributed by atoms with Gasteiger partial charge in [-0.25, -0.2) is 8.42 Å². The van der Waals surface area contributed by atoms with Crippen molar-refractivity contribution < 1.29 is 23.1 Å². The minimum Gasteiger partial charge on any atom is -0.496 e. The molecule has 0 spiro atoms. The zero-order valence-corrected chi connectivity index (χ0v) is 13.1. The fourth-order valence-electron chi connectivity index (χ4n) is 2.67. The first-order valence-electron chi connectivity index (χ1n) is 6.69. The Morgan fingerprint density at radius 3 is 2.57 bits per heavy atom. The van der Waals surface area contributed by atoms with Crippen molar-refractivity contribution in [1.29, 1.82) is 0 Å². The number of sulfonamides is 1. The summed E-state index contributed by atoms with van der Waals surface area (Å²) < 4.78 is 31.8. The Kier molecular flexibility index (Phi) is 4.25. The van der Waals surface area contributed by atoms with Crippen molar-refractivity contribution in [3.8, 4) is 5.75 Å². The molecule has 1 saturated heterocycles. The number of benzene rings is 1. The van der Waals surface area contributed by atoms with Gasteiger partial charge in [0.1, 0.15) is 11.8 Å². The lowest BCUT2D eigenvalue weighted by atomic mass is 10.1. The summed E-state index contributed by atoms with van der Waals surface area (Å²) in [7, 11) is -2.29. The van der Waals surface area contributed by atoms with E-state index in [4.69, 9.17) is 4.74 Å². The van der Waals surface area contributed by atoms with Gasteiger partial charge >= 0.3 is 5.97 Å². The molecule has 7 heteroatoms. The molecule has 0 aliphatic carbocycles. The lowest BCUT2D eigenvalue weighted by Gasteiger charge is -2.23. The predicted molar refractivity (Wildman–Crippen MR) is 77.0 cm³/mol. The highest BCUT2D eigenvalue weighted by molar-refractivity contribution is 7.89. The van der Waals surface area contributed by atoms with Crippen molar-refractivity contribution in [1.82, 2.24) is 4.31 Å². The fraction of sp³-hybridized carbons (Fsp3) is 0.500. The number of hydrogen-bond donors (Lipinski definition) is 1. The lowest BCUT2D eigenvalue weighted by Crippen LogP contribution is -2.40. The minimum absolute atomic E-state index is 0.147. The molecule has 0 bridgehead atoms. The second kappa shape index (κ2) is 5.65. The van der Waals surface area contributed by atoms with E-state index in [1.54, 1.807) is 19.9 Å². The number of nitrogens with zero attached hydrogens (tertiary/aromatic N) is 1. The molecule has 1 aromatic carbocycles. The van der Waals surface area contributed by atoms with Gasteiger partial charge in [-0.1, -0.05) is 0 Å². The van der Waals surface area contributed by atoms with Gasteiger partial charge in [0.05, 0.1) is 12.0 Å². The minimum atomic E-state index is -3.81. The third-order valence-corrected chi connectivity index (χ3v) is 6.04. The number of carboxylic acid groups (broad SMARTS) is 1. The number of aliphatic carboxylic acids is 1. The average molecular weight is 313 g/mol. The SMILES string of the molecule is COc1ccc(S(=O)(=O)N2CCC[C@@H]2C(=O)O)c(C)c1C. The smallest absolute Gasteiger partial charge is 0.322 e. The highest BCUT2D eigenvalue weighted by Gasteiger charge is 2.40. The summed E-state index contributed by atoms with van der Waals surface area (Å²) in [5.41, 5.74) is 1.33. The van der Waals surface area contributed by atoms with Crippen molar-refractivity contribution in [2.45, 2.75) is 37.6 Å². The van der Waals surface area contributed by atoms with Gasteiger partial charge in [-0.05, 0) is 49.9 Å². The van der Waals surface area contributed by atoms with Crippen molar-refractivity contribution in [3.63, 3.8) is 0 Å². The van der Waals surface area contributed by atoms with Crippen LogP contribution in [-0.2, 0) is 14.8 Å². The molecule has 1 heterocycles. The number of methoxy groups -OCH3 is 1. The molecule has 1 aliphatic heterocycles. The molecule has 1 aromatic rings. The van der Waals surface area contributed by atoms with E-state index in [1.165, 1.54) is 13.2 Å². The van der Waals surface area contributed by atoms with Gasteiger partial charge in [-0.2, -0.15) is 4.31 Å². The Morgan fingerprint density at radius 2 is 2.00 bits per heavy atom. The van der Waals surface area contributed by atoms with E-state index in [0.29, 0.717) is 24.2 Å². The van der Waals surface area contributed by atoms with E-state index in [2.05, 4.69) is 0 Å². The number of carboxylic acids is 1. The number of rotatable bonds is 4. The van der Waals surface area contributed by atoms with Crippen LogP contribution in [0, 0.1) is 13.8 Å². The maximum Gasteiger partial charge on any atom is 0.322 e. The summed E-state index contributed by atoms with van der Waals surface area (Å²) in [6.07, 6.45) is 0.910. The van der Waals surface area contributed by atoms with Gasteiger partial charge in [0.25, 0.3) is 0 Å². The molecule has 0 aromatic heterocycles. The maximum atomic E-state index is 12.7. The molecule has 1 fully saturated rings. The molecule has 0 saturated carbocycles. The molecular formula is C14H19NO5S. The zero-order valence-electron chi connectivity index (χ0n) is 12.3. The largest absolute Gasteiger partial charge is 0.496 e. The first kappa shape index (κ1) is 15.8. The second-order valence-corrected chi connectivity index (χ2v) is 6.99. The monoisotopic (exact) mass is 313 g/mol. The Balaban J connectivity index is 2.50. The van der Waals surface area contributed by atoms with Crippen molar-refractivity contribution >= 4 is 16.0 Å². The second-order valence-electron chi connectivity index (χ2n) is 5.13. The normalized spacial score (nSPS) is 19.7. The molecule has 1 N–H and O–H groups in total. The van der Waals surface area contributed by atoms with Crippen LogP contribution >= 0.6 is 0 Å². The summed E-state index contributed by atoms with van der Waals surface area (Å²) >= 11 is 0. The first-order chi connectivity index (χ1) is 9.80.